The van der Waals surface area contributed by atoms with E-state index in [4.69, 9.17) is 4.74 Å². The summed E-state index contributed by atoms with van der Waals surface area (Å²) in [5.41, 5.74) is 6.95. The van der Waals surface area contributed by atoms with E-state index in [9.17, 15) is 0 Å². The maximum absolute atomic E-state index is 6.97. The number of benzene rings is 4. The molecule has 0 atom stereocenters. The fraction of sp³-hybridized carbons (Fsp3) is 0.0769. The molecular formula is C26H18O. The molecule has 128 valence electrons. The highest BCUT2D eigenvalue weighted by atomic mass is 16.5. The summed E-state index contributed by atoms with van der Waals surface area (Å²) in [6.07, 6.45) is 0. The minimum Gasteiger partial charge on any atom is -0.473 e. The zero-order valence-corrected chi connectivity index (χ0v) is 14.8. The van der Waals surface area contributed by atoms with E-state index < -0.39 is 5.60 Å². The summed E-state index contributed by atoms with van der Waals surface area (Å²) in [4.78, 5) is 0. The average molecular weight is 346 g/mol. The Morgan fingerprint density at radius 3 is 1.70 bits per heavy atom. The lowest BCUT2D eigenvalue weighted by Crippen LogP contribution is -2.39. The molecule has 4 aromatic rings. The van der Waals surface area contributed by atoms with Crippen LogP contribution >= 0.6 is 0 Å². The molecule has 2 aliphatic heterocycles. The number of hydrogen-bond acceptors (Lipinski definition) is 1. The Kier molecular flexibility index (Phi) is 2.93. The lowest BCUT2D eigenvalue weighted by atomic mass is 9.67. The first-order valence-electron chi connectivity index (χ1n) is 9.42. The van der Waals surface area contributed by atoms with Crippen LogP contribution in [0.15, 0.2) is 103 Å². The van der Waals surface area contributed by atoms with Gasteiger partial charge in [0.25, 0.3) is 0 Å². The van der Waals surface area contributed by atoms with Crippen molar-refractivity contribution in [1.82, 2.24) is 0 Å². The second-order valence-corrected chi connectivity index (χ2v) is 7.29. The molecule has 0 unspecified atom stereocenters. The molecule has 4 aromatic carbocycles. The molecule has 0 saturated heterocycles. The summed E-state index contributed by atoms with van der Waals surface area (Å²) in [5, 5.41) is 0. The van der Waals surface area contributed by atoms with E-state index in [1.165, 1.54) is 33.4 Å². The van der Waals surface area contributed by atoms with Crippen molar-refractivity contribution in [2.24, 2.45) is 0 Å². The first-order chi connectivity index (χ1) is 13.4. The quantitative estimate of drug-likeness (QED) is 0.419. The summed E-state index contributed by atoms with van der Waals surface area (Å²) in [6.45, 7) is 0. The summed E-state index contributed by atoms with van der Waals surface area (Å²) in [7, 11) is 0. The Morgan fingerprint density at radius 2 is 1.04 bits per heavy atom. The zero-order valence-electron chi connectivity index (χ0n) is 14.8. The van der Waals surface area contributed by atoms with Crippen LogP contribution < -0.4 is 4.74 Å². The van der Waals surface area contributed by atoms with Crippen LogP contribution in [0.3, 0.4) is 0 Å². The van der Waals surface area contributed by atoms with Gasteiger partial charge in [0, 0.05) is 28.2 Å². The fourth-order valence-corrected chi connectivity index (χ4v) is 4.92. The molecule has 0 aromatic heterocycles. The number of rotatable bonds is 1. The maximum Gasteiger partial charge on any atom is 0.185 e. The Hall–Kier alpha value is -3.32. The van der Waals surface area contributed by atoms with Crippen molar-refractivity contribution in [2.75, 3.05) is 0 Å². The highest BCUT2D eigenvalue weighted by Gasteiger charge is 2.50. The lowest BCUT2D eigenvalue weighted by Gasteiger charge is -2.40. The minimum absolute atomic E-state index is 0.202. The monoisotopic (exact) mass is 346 g/mol. The van der Waals surface area contributed by atoms with Crippen LogP contribution in [0.4, 0.5) is 0 Å². The fourth-order valence-electron chi connectivity index (χ4n) is 4.92. The molecule has 0 saturated carbocycles. The maximum atomic E-state index is 6.97. The van der Waals surface area contributed by atoms with Gasteiger partial charge in [-0.05, 0) is 17.2 Å². The molecule has 2 bridgehead atoms. The third kappa shape index (κ3) is 1.84. The third-order valence-corrected chi connectivity index (χ3v) is 5.98. The van der Waals surface area contributed by atoms with Crippen LogP contribution in [0.2, 0.25) is 0 Å². The van der Waals surface area contributed by atoms with Crippen molar-refractivity contribution in [3.63, 3.8) is 0 Å². The van der Waals surface area contributed by atoms with E-state index in [-0.39, 0.29) is 5.92 Å². The van der Waals surface area contributed by atoms with Crippen LogP contribution in [-0.4, -0.2) is 0 Å². The van der Waals surface area contributed by atoms with Crippen LogP contribution in [0.1, 0.15) is 39.3 Å². The Bertz CT molecular complexity index is 1110. The zero-order chi connectivity index (χ0) is 17.8. The SMILES string of the molecule is c1ccc(C23Oc4ccccc4C(c4ccccc42)c2ccccc23)cc1. The van der Waals surface area contributed by atoms with E-state index >= 15 is 0 Å². The van der Waals surface area contributed by atoms with Crippen molar-refractivity contribution in [1.29, 1.82) is 0 Å². The van der Waals surface area contributed by atoms with Gasteiger partial charge < -0.3 is 4.74 Å². The topological polar surface area (TPSA) is 9.23 Å². The summed E-state index contributed by atoms with van der Waals surface area (Å²) in [6, 6.07) is 36.7. The van der Waals surface area contributed by atoms with E-state index in [1.54, 1.807) is 0 Å². The summed E-state index contributed by atoms with van der Waals surface area (Å²) in [5.74, 6) is 1.17. The molecule has 1 aliphatic carbocycles. The molecule has 3 aliphatic rings. The van der Waals surface area contributed by atoms with Gasteiger partial charge in [0.1, 0.15) is 5.75 Å². The third-order valence-electron chi connectivity index (χ3n) is 5.98. The van der Waals surface area contributed by atoms with Gasteiger partial charge in [-0.25, -0.2) is 0 Å². The first-order valence-corrected chi connectivity index (χ1v) is 9.42. The van der Waals surface area contributed by atoms with Crippen molar-refractivity contribution < 1.29 is 4.74 Å². The molecule has 0 N–H and O–H groups in total. The molecule has 0 fully saturated rings. The molecule has 7 rings (SSSR count). The molecular weight excluding hydrogens is 328 g/mol. The van der Waals surface area contributed by atoms with Gasteiger partial charge in [-0.2, -0.15) is 0 Å². The van der Waals surface area contributed by atoms with Crippen molar-refractivity contribution in [3.8, 4) is 5.75 Å². The van der Waals surface area contributed by atoms with E-state index in [1.807, 2.05) is 0 Å². The van der Waals surface area contributed by atoms with Crippen LogP contribution in [-0.2, 0) is 5.60 Å². The van der Waals surface area contributed by atoms with Gasteiger partial charge in [0.05, 0.1) is 0 Å². The van der Waals surface area contributed by atoms with Crippen LogP contribution in [0.25, 0.3) is 0 Å². The Morgan fingerprint density at radius 1 is 0.519 bits per heavy atom. The van der Waals surface area contributed by atoms with Crippen molar-refractivity contribution >= 4 is 0 Å². The van der Waals surface area contributed by atoms with Gasteiger partial charge in [-0.15, -0.1) is 0 Å². The summed E-state index contributed by atoms with van der Waals surface area (Å²) < 4.78 is 6.97. The number of hydrogen-bond donors (Lipinski definition) is 0. The van der Waals surface area contributed by atoms with Gasteiger partial charge >= 0.3 is 0 Å². The smallest absolute Gasteiger partial charge is 0.185 e. The van der Waals surface area contributed by atoms with Crippen LogP contribution in [0, 0.1) is 0 Å². The van der Waals surface area contributed by atoms with E-state index in [2.05, 4.69) is 103 Å². The molecule has 2 heterocycles. The first kappa shape index (κ1) is 14.8. The van der Waals surface area contributed by atoms with Crippen LogP contribution in [0.5, 0.6) is 5.75 Å². The largest absolute Gasteiger partial charge is 0.473 e. The van der Waals surface area contributed by atoms with Crippen molar-refractivity contribution in [3.05, 3.63) is 137 Å². The average Bonchev–Trinajstić information content (AvgIpc) is 2.96. The standard InChI is InChI=1S/C26H18O/c1-2-10-18(11-3-1)26-22-15-7-4-12-19(22)25(20-13-5-8-16-23(20)26)21-14-6-9-17-24(21)27-26/h1-17,25H. The predicted octanol–water partition coefficient (Wildman–Crippen LogP) is 5.86. The molecule has 0 spiro atoms. The molecule has 0 radical (unpaired) electrons. The minimum atomic E-state index is -0.627. The van der Waals surface area contributed by atoms with Gasteiger partial charge in [0.15, 0.2) is 5.60 Å². The van der Waals surface area contributed by atoms with Crippen molar-refractivity contribution in [2.45, 2.75) is 11.5 Å². The van der Waals surface area contributed by atoms with E-state index in [0.717, 1.165) is 5.75 Å². The Balaban J connectivity index is 1.83. The Labute approximate surface area is 158 Å². The predicted molar refractivity (Wildman–Crippen MR) is 107 cm³/mol. The normalized spacial score (nSPS) is 21.4. The lowest BCUT2D eigenvalue weighted by molar-refractivity contribution is 0.156. The van der Waals surface area contributed by atoms with Gasteiger partial charge in [0.2, 0.25) is 0 Å². The second-order valence-electron chi connectivity index (χ2n) is 7.29. The molecule has 1 nitrogen and oxygen atoms in total. The molecule has 27 heavy (non-hydrogen) atoms. The number of para-hydroxylation sites is 1. The molecule has 0 amide bonds. The molecule has 1 heteroatoms. The van der Waals surface area contributed by atoms with Gasteiger partial charge in [-0.1, -0.05) is 97.1 Å². The van der Waals surface area contributed by atoms with Gasteiger partial charge in [-0.3, -0.25) is 0 Å². The highest BCUT2D eigenvalue weighted by molar-refractivity contribution is 5.67. The highest BCUT2D eigenvalue weighted by Crippen LogP contribution is 2.57. The van der Waals surface area contributed by atoms with E-state index in [0.29, 0.717) is 0 Å². The number of ether oxygens (including phenoxy) is 1. The second kappa shape index (κ2) is 5.34. The summed E-state index contributed by atoms with van der Waals surface area (Å²) >= 11 is 0.